The summed E-state index contributed by atoms with van der Waals surface area (Å²) in [5.74, 6) is -1.55. The number of carboxylic acids is 1. The van der Waals surface area contributed by atoms with Crippen molar-refractivity contribution in [3.63, 3.8) is 0 Å². The first-order valence-electron chi connectivity index (χ1n) is 7.95. The Morgan fingerprint density at radius 3 is 2.56 bits per heavy atom. The molecule has 1 aromatic carbocycles. The molecule has 7 nitrogen and oxygen atoms in total. The van der Waals surface area contributed by atoms with Gasteiger partial charge in [0, 0.05) is 4.75 Å². The lowest BCUT2D eigenvalue weighted by Crippen LogP contribution is -2.72. The van der Waals surface area contributed by atoms with Crippen molar-refractivity contribution in [1.82, 2.24) is 10.2 Å². The summed E-state index contributed by atoms with van der Waals surface area (Å²) in [6.45, 7) is 5.10. The summed E-state index contributed by atoms with van der Waals surface area (Å²) >= 11 is 1.35. The van der Waals surface area contributed by atoms with Crippen LogP contribution < -0.4 is 15.2 Å². The quantitative estimate of drug-likeness (QED) is 0.725. The molecule has 2 saturated heterocycles. The molecule has 3 rings (SSSR count). The topological polar surface area (TPSA) is 98.8 Å². The maximum absolute atomic E-state index is 12.3. The Balaban J connectivity index is 1.64. The maximum atomic E-state index is 12.3. The number of ether oxygens (including phenoxy) is 1. The number of amides is 2. The van der Waals surface area contributed by atoms with Gasteiger partial charge in [0.2, 0.25) is 5.91 Å². The molecule has 0 bridgehead atoms. The van der Waals surface area contributed by atoms with Crippen LogP contribution in [0.1, 0.15) is 20.8 Å². The molecule has 0 aromatic heterocycles. The van der Waals surface area contributed by atoms with Gasteiger partial charge >= 0.3 is 0 Å². The first kappa shape index (κ1) is 17.6. The largest absolute Gasteiger partial charge is 0.548 e. The second kappa shape index (κ2) is 6.25. The van der Waals surface area contributed by atoms with Crippen molar-refractivity contribution in [3.8, 4) is 5.75 Å². The van der Waals surface area contributed by atoms with Gasteiger partial charge in [0.15, 0.2) is 6.10 Å². The first-order chi connectivity index (χ1) is 11.7. The van der Waals surface area contributed by atoms with Crippen molar-refractivity contribution >= 4 is 29.5 Å². The highest BCUT2D eigenvalue weighted by molar-refractivity contribution is 8.01. The van der Waals surface area contributed by atoms with Gasteiger partial charge < -0.3 is 24.9 Å². The van der Waals surface area contributed by atoms with Crippen molar-refractivity contribution in [2.75, 3.05) is 0 Å². The zero-order valence-corrected chi connectivity index (χ0v) is 14.9. The fourth-order valence-electron chi connectivity index (χ4n) is 3.15. The van der Waals surface area contributed by atoms with Crippen molar-refractivity contribution in [3.05, 3.63) is 30.3 Å². The fraction of sp³-hybridized carbons (Fsp3) is 0.471. The number of carbonyl (C=O) groups excluding carboxylic acids is 3. The molecule has 0 unspecified atom stereocenters. The minimum absolute atomic E-state index is 0.404. The number of aliphatic carboxylic acids is 1. The number of carbonyl (C=O) groups is 3. The second-order valence-corrected chi connectivity index (χ2v) is 8.41. The van der Waals surface area contributed by atoms with Crippen molar-refractivity contribution < 1.29 is 24.2 Å². The van der Waals surface area contributed by atoms with Crippen LogP contribution in [0.25, 0.3) is 0 Å². The van der Waals surface area contributed by atoms with Crippen LogP contribution in [-0.2, 0) is 14.4 Å². The predicted molar refractivity (Wildman–Crippen MR) is 89.6 cm³/mol. The summed E-state index contributed by atoms with van der Waals surface area (Å²) in [5.41, 5.74) is 0. The predicted octanol–water partition coefficient (Wildman–Crippen LogP) is -0.249. The average molecular weight is 363 g/mol. The molecule has 1 aromatic rings. The van der Waals surface area contributed by atoms with Gasteiger partial charge in [0.1, 0.15) is 17.2 Å². The minimum atomic E-state index is -1.28. The lowest BCUT2D eigenvalue weighted by atomic mass is 9.96. The monoisotopic (exact) mass is 363 g/mol. The van der Waals surface area contributed by atoms with Gasteiger partial charge in [-0.15, -0.1) is 11.8 Å². The third-order valence-corrected chi connectivity index (χ3v) is 5.96. The van der Waals surface area contributed by atoms with E-state index in [1.54, 1.807) is 45.0 Å². The van der Waals surface area contributed by atoms with E-state index in [0.717, 1.165) is 0 Å². The van der Waals surface area contributed by atoms with E-state index in [2.05, 4.69) is 5.32 Å². The highest BCUT2D eigenvalue weighted by atomic mass is 32.2. The smallest absolute Gasteiger partial charge is 0.261 e. The Bertz CT molecular complexity index is 708. The van der Waals surface area contributed by atoms with Crippen LogP contribution in [0, 0.1) is 0 Å². The molecule has 0 saturated carbocycles. The zero-order chi connectivity index (χ0) is 18.4. The number of β-lactam (4-membered cyclic amide) rings is 1. The van der Waals surface area contributed by atoms with Gasteiger partial charge in [0.25, 0.3) is 5.91 Å². The van der Waals surface area contributed by atoms with Crippen molar-refractivity contribution in [2.24, 2.45) is 0 Å². The van der Waals surface area contributed by atoms with E-state index in [0.29, 0.717) is 5.75 Å². The molecule has 0 radical (unpaired) electrons. The Kier molecular flexibility index (Phi) is 4.40. The Hall–Kier alpha value is -2.22. The van der Waals surface area contributed by atoms with Gasteiger partial charge in [-0.3, -0.25) is 9.59 Å². The lowest BCUT2D eigenvalue weighted by molar-refractivity contribution is -0.312. The van der Waals surface area contributed by atoms with Crippen LogP contribution in [0.5, 0.6) is 5.75 Å². The number of carboxylic acid groups (broad SMARTS) is 1. The van der Waals surface area contributed by atoms with Crippen LogP contribution in [-0.4, -0.2) is 51.0 Å². The summed E-state index contributed by atoms with van der Waals surface area (Å²) < 4.78 is 4.87. The molecule has 1 N–H and O–H groups in total. The number of fused-ring (bicyclic) bond motifs is 1. The molecule has 134 valence electrons. The molecule has 2 fully saturated rings. The third-order valence-electron chi connectivity index (χ3n) is 4.39. The zero-order valence-electron chi connectivity index (χ0n) is 14.1. The molecule has 2 aliphatic rings. The average Bonchev–Trinajstić information content (AvgIpc) is 2.81. The Morgan fingerprint density at radius 2 is 1.96 bits per heavy atom. The van der Waals surface area contributed by atoms with Gasteiger partial charge in [-0.25, -0.2) is 0 Å². The summed E-state index contributed by atoms with van der Waals surface area (Å²) in [6.07, 6.45) is -0.777. The fourth-order valence-corrected chi connectivity index (χ4v) is 4.77. The van der Waals surface area contributed by atoms with E-state index >= 15 is 0 Å². The highest BCUT2D eigenvalue weighted by Crippen LogP contribution is 2.50. The van der Waals surface area contributed by atoms with E-state index < -0.39 is 46.1 Å². The first-order valence-corrected chi connectivity index (χ1v) is 8.83. The Morgan fingerprint density at radius 1 is 1.32 bits per heavy atom. The van der Waals surface area contributed by atoms with E-state index in [-0.39, 0.29) is 0 Å². The third kappa shape index (κ3) is 3.06. The number of hydrogen-bond donors (Lipinski definition) is 1. The van der Waals surface area contributed by atoms with E-state index in [1.165, 1.54) is 16.7 Å². The minimum Gasteiger partial charge on any atom is -0.548 e. The maximum Gasteiger partial charge on any atom is 0.261 e. The standard InChI is InChI=1S/C17H20N2O5S/c1-9(24-10-7-5-4-6-8-10)13(20)18-11-14(21)19-12(16(22)23)17(2,3)25-15(11)19/h4-9,11-12,15H,1-3H3,(H,18,20)(H,22,23)/p-1/t9-,11-,12-,15-/m1/s1. The highest BCUT2D eigenvalue weighted by Gasteiger charge is 2.62. The summed E-state index contributed by atoms with van der Waals surface area (Å²) in [5, 5.41) is 13.6. The summed E-state index contributed by atoms with van der Waals surface area (Å²) in [4.78, 5) is 37.3. The number of hydrogen-bond acceptors (Lipinski definition) is 6. The van der Waals surface area contributed by atoms with E-state index in [9.17, 15) is 19.5 Å². The van der Waals surface area contributed by atoms with Gasteiger partial charge in [-0.05, 0) is 32.9 Å². The normalized spacial score (nSPS) is 27.9. The SMILES string of the molecule is C[C@@H](Oc1ccccc1)C(=O)N[C@@H]1C(=O)N2[C@@H]1SC(C)(C)[C@H]2C(=O)[O-]. The van der Waals surface area contributed by atoms with Gasteiger partial charge in [-0.1, -0.05) is 18.2 Å². The molecule has 2 heterocycles. The van der Waals surface area contributed by atoms with Gasteiger partial charge in [-0.2, -0.15) is 0 Å². The van der Waals surface area contributed by atoms with E-state index in [1.807, 2.05) is 6.07 Å². The van der Waals surface area contributed by atoms with Gasteiger partial charge in [0.05, 0.1) is 12.0 Å². The Labute approximate surface area is 149 Å². The van der Waals surface area contributed by atoms with Crippen LogP contribution in [0.2, 0.25) is 0 Å². The number of nitrogens with one attached hydrogen (secondary N) is 1. The molecule has 2 amide bonds. The van der Waals surface area contributed by atoms with Crippen molar-refractivity contribution in [2.45, 2.75) is 49.1 Å². The molecular formula is C17H19N2O5S-. The second-order valence-electron chi connectivity index (χ2n) is 6.64. The van der Waals surface area contributed by atoms with Crippen LogP contribution in [0.4, 0.5) is 0 Å². The van der Waals surface area contributed by atoms with E-state index in [4.69, 9.17) is 4.74 Å². The van der Waals surface area contributed by atoms with Crippen LogP contribution >= 0.6 is 11.8 Å². The molecule has 2 aliphatic heterocycles. The van der Waals surface area contributed by atoms with Crippen LogP contribution in [0.15, 0.2) is 30.3 Å². The molecular weight excluding hydrogens is 344 g/mol. The van der Waals surface area contributed by atoms with Crippen LogP contribution in [0.3, 0.4) is 0 Å². The summed E-state index contributed by atoms with van der Waals surface area (Å²) in [7, 11) is 0. The summed E-state index contributed by atoms with van der Waals surface area (Å²) in [6, 6.07) is 7.16. The molecule has 25 heavy (non-hydrogen) atoms. The molecule has 4 atom stereocenters. The number of rotatable bonds is 5. The van der Waals surface area contributed by atoms with Crippen molar-refractivity contribution in [1.29, 1.82) is 0 Å². The number of thioether (sulfide) groups is 1. The molecule has 8 heteroatoms. The molecule has 0 spiro atoms. The number of benzene rings is 1. The molecule has 0 aliphatic carbocycles. The number of nitrogens with zero attached hydrogens (tertiary/aromatic N) is 1. The lowest BCUT2D eigenvalue weighted by Gasteiger charge is -2.45. The number of para-hydroxylation sites is 1.